The maximum atomic E-state index is 12.7. The maximum Gasteiger partial charge on any atom is 0.417 e. The second-order valence-electron chi connectivity index (χ2n) is 5.03. The molecular weight excluding hydrogens is 345 g/mol. The van der Waals surface area contributed by atoms with Gasteiger partial charge in [0.2, 0.25) is 11.0 Å². The van der Waals surface area contributed by atoms with E-state index in [4.69, 9.17) is 0 Å². The molecule has 0 aliphatic rings. The van der Waals surface area contributed by atoms with Crippen molar-refractivity contribution in [3.8, 4) is 0 Å². The summed E-state index contributed by atoms with van der Waals surface area (Å²) in [7, 11) is 0. The number of pyridine rings is 1. The summed E-state index contributed by atoms with van der Waals surface area (Å²) in [4.78, 5) is 23.5. The lowest BCUT2D eigenvalue weighted by atomic mass is 10.3. The molecule has 2 heterocycles. The molecule has 130 valence electrons. The first-order valence-electron chi connectivity index (χ1n) is 7.19. The van der Waals surface area contributed by atoms with E-state index in [-0.39, 0.29) is 5.13 Å². The molecule has 2 rings (SSSR count). The molecule has 2 aromatic rings. The van der Waals surface area contributed by atoms with Gasteiger partial charge in [-0.1, -0.05) is 24.7 Å². The Balaban J connectivity index is 2.04. The normalized spacial score (nSPS) is 11.5. The molecule has 24 heavy (non-hydrogen) atoms. The number of amides is 1. The molecule has 2 aromatic heterocycles. The van der Waals surface area contributed by atoms with Gasteiger partial charge in [0.15, 0.2) is 0 Å². The zero-order chi connectivity index (χ0) is 17.7. The summed E-state index contributed by atoms with van der Waals surface area (Å²) in [5.74, 6) is -0.644. The SMILES string of the molecule is CCCCc1nnc(NC(=O)Cn2cc(C(F)(F)F)ccc2=O)s1. The van der Waals surface area contributed by atoms with Gasteiger partial charge >= 0.3 is 6.18 Å². The van der Waals surface area contributed by atoms with Crippen LogP contribution in [0.5, 0.6) is 0 Å². The lowest BCUT2D eigenvalue weighted by Crippen LogP contribution is -2.28. The minimum atomic E-state index is -4.58. The van der Waals surface area contributed by atoms with Gasteiger partial charge in [-0.15, -0.1) is 10.2 Å². The summed E-state index contributed by atoms with van der Waals surface area (Å²) in [6.07, 6.45) is -1.27. The van der Waals surface area contributed by atoms with Gasteiger partial charge in [0, 0.05) is 18.7 Å². The standard InChI is InChI=1S/C14H15F3N4O2S/c1-2-3-4-11-19-20-13(24-11)18-10(22)8-21-7-9(14(15,16)17)5-6-12(21)23/h5-7H,2-4,8H2,1H3,(H,18,20,22). The van der Waals surface area contributed by atoms with Gasteiger partial charge in [-0.25, -0.2) is 0 Å². The highest BCUT2D eigenvalue weighted by Gasteiger charge is 2.31. The zero-order valence-corrected chi connectivity index (χ0v) is 13.6. The van der Waals surface area contributed by atoms with Crippen molar-refractivity contribution in [3.05, 3.63) is 39.3 Å². The number of unbranched alkanes of at least 4 members (excludes halogenated alkanes) is 1. The van der Waals surface area contributed by atoms with E-state index in [9.17, 15) is 22.8 Å². The minimum Gasteiger partial charge on any atom is -0.305 e. The van der Waals surface area contributed by atoms with Crippen molar-refractivity contribution in [2.45, 2.75) is 38.9 Å². The summed E-state index contributed by atoms with van der Waals surface area (Å²) in [5.41, 5.74) is -1.69. The first-order valence-corrected chi connectivity index (χ1v) is 8.01. The number of hydrogen-bond acceptors (Lipinski definition) is 5. The molecule has 1 amide bonds. The Morgan fingerprint density at radius 3 is 2.75 bits per heavy atom. The molecule has 0 bridgehead atoms. The van der Waals surface area contributed by atoms with Gasteiger partial charge in [0.05, 0.1) is 5.56 Å². The van der Waals surface area contributed by atoms with E-state index in [2.05, 4.69) is 15.5 Å². The highest BCUT2D eigenvalue weighted by atomic mass is 32.1. The number of alkyl halides is 3. The van der Waals surface area contributed by atoms with Crippen molar-refractivity contribution in [1.29, 1.82) is 0 Å². The van der Waals surface area contributed by atoms with Crippen molar-refractivity contribution < 1.29 is 18.0 Å². The third kappa shape index (κ3) is 4.88. The predicted octanol–water partition coefficient (Wildman–Crippen LogP) is 2.70. The Kier molecular flexibility index (Phi) is 5.71. The van der Waals surface area contributed by atoms with Crippen LogP contribution < -0.4 is 10.9 Å². The second-order valence-corrected chi connectivity index (χ2v) is 6.10. The molecule has 1 N–H and O–H groups in total. The second kappa shape index (κ2) is 7.56. The lowest BCUT2D eigenvalue weighted by molar-refractivity contribution is -0.138. The lowest BCUT2D eigenvalue weighted by Gasteiger charge is -2.10. The Hall–Kier alpha value is -2.23. The number of halogens is 3. The zero-order valence-electron chi connectivity index (χ0n) is 12.8. The van der Waals surface area contributed by atoms with Crippen LogP contribution in [0.1, 0.15) is 30.3 Å². The number of aromatic nitrogens is 3. The van der Waals surface area contributed by atoms with Crippen molar-refractivity contribution in [3.63, 3.8) is 0 Å². The molecule has 0 spiro atoms. The van der Waals surface area contributed by atoms with Crippen LogP contribution in [0.25, 0.3) is 0 Å². The number of nitrogens with zero attached hydrogens (tertiary/aromatic N) is 3. The topological polar surface area (TPSA) is 76.9 Å². The van der Waals surface area contributed by atoms with Crippen LogP contribution in [-0.2, 0) is 23.9 Å². The van der Waals surface area contributed by atoms with Crippen LogP contribution >= 0.6 is 11.3 Å². The molecule has 0 atom stereocenters. The fourth-order valence-corrected chi connectivity index (χ4v) is 2.67. The average Bonchev–Trinajstić information content (AvgIpc) is 2.93. The maximum absolute atomic E-state index is 12.7. The number of aryl methyl sites for hydroxylation is 1. The van der Waals surface area contributed by atoms with E-state index in [1.807, 2.05) is 6.92 Å². The van der Waals surface area contributed by atoms with E-state index >= 15 is 0 Å². The third-order valence-corrected chi connectivity index (χ3v) is 3.98. The minimum absolute atomic E-state index is 0.256. The van der Waals surface area contributed by atoms with Gasteiger partial charge in [0.25, 0.3) is 5.56 Å². The number of carbonyl (C=O) groups is 1. The van der Waals surface area contributed by atoms with E-state index in [0.717, 1.165) is 30.3 Å². The van der Waals surface area contributed by atoms with E-state index in [1.165, 1.54) is 11.3 Å². The molecule has 0 aliphatic carbocycles. The third-order valence-electron chi connectivity index (χ3n) is 3.08. The predicted molar refractivity (Wildman–Crippen MR) is 82.9 cm³/mol. The van der Waals surface area contributed by atoms with Crippen LogP contribution in [0, 0.1) is 0 Å². The summed E-state index contributed by atoms with van der Waals surface area (Å²) in [6, 6.07) is 1.46. The molecule has 0 fully saturated rings. The largest absolute Gasteiger partial charge is 0.417 e. The smallest absolute Gasteiger partial charge is 0.305 e. The van der Waals surface area contributed by atoms with Crippen LogP contribution in [0.2, 0.25) is 0 Å². The Labute approximate surface area is 139 Å². The van der Waals surface area contributed by atoms with Crippen LogP contribution in [0.3, 0.4) is 0 Å². The molecule has 0 aromatic carbocycles. The van der Waals surface area contributed by atoms with E-state index in [0.29, 0.717) is 16.8 Å². The number of hydrogen-bond donors (Lipinski definition) is 1. The van der Waals surface area contributed by atoms with Gasteiger partial charge in [0.1, 0.15) is 11.6 Å². The van der Waals surface area contributed by atoms with Crippen LogP contribution in [0.4, 0.5) is 18.3 Å². The Morgan fingerprint density at radius 2 is 2.08 bits per heavy atom. The van der Waals surface area contributed by atoms with Crippen molar-refractivity contribution >= 4 is 22.4 Å². The number of carbonyl (C=O) groups excluding carboxylic acids is 1. The fraction of sp³-hybridized carbons (Fsp3) is 0.429. The van der Waals surface area contributed by atoms with Crippen LogP contribution in [0.15, 0.2) is 23.1 Å². The number of nitrogens with one attached hydrogen (secondary N) is 1. The first kappa shape index (κ1) is 18.1. The molecule has 0 unspecified atom stereocenters. The molecule has 0 saturated carbocycles. The van der Waals surface area contributed by atoms with Crippen molar-refractivity contribution in [2.24, 2.45) is 0 Å². The number of rotatable bonds is 6. The molecule has 0 aliphatic heterocycles. The van der Waals surface area contributed by atoms with Gasteiger partial charge in [-0.2, -0.15) is 13.2 Å². The van der Waals surface area contributed by atoms with E-state index in [1.54, 1.807) is 0 Å². The molecule has 0 saturated heterocycles. The van der Waals surface area contributed by atoms with Gasteiger partial charge < -0.3 is 4.57 Å². The highest BCUT2D eigenvalue weighted by molar-refractivity contribution is 7.15. The fourth-order valence-electron chi connectivity index (χ4n) is 1.87. The molecule has 10 heteroatoms. The average molecular weight is 360 g/mol. The molecule has 0 radical (unpaired) electrons. The Morgan fingerprint density at radius 1 is 1.33 bits per heavy atom. The summed E-state index contributed by atoms with van der Waals surface area (Å²) < 4.78 is 38.7. The van der Waals surface area contributed by atoms with Crippen molar-refractivity contribution in [2.75, 3.05) is 5.32 Å². The van der Waals surface area contributed by atoms with Crippen molar-refractivity contribution in [1.82, 2.24) is 14.8 Å². The summed E-state index contributed by atoms with van der Waals surface area (Å²) in [5, 5.41) is 11.2. The first-order chi connectivity index (χ1) is 11.3. The monoisotopic (exact) mass is 360 g/mol. The van der Waals surface area contributed by atoms with E-state index < -0.39 is 29.8 Å². The van der Waals surface area contributed by atoms with Gasteiger partial charge in [-0.3, -0.25) is 14.9 Å². The molecule has 6 nitrogen and oxygen atoms in total. The van der Waals surface area contributed by atoms with Crippen LogP contribution in [-0.4, -0.2) is 20.7 Å². The Bertz CT molecular complexity index is 770. The highest BCUT2D eigenvalue weighted by Crippen LogP contribution is 2.28. The summed E-state index contributed by atoms with van der Waals surface area (Å²) >= 11 is 1.20. The molecular formula is C14H15F3N4O2S. The van der Waals surface area contributed by atoms with Gasteiger partial charge in [-0.05, 0) is 12.5 Å². The summed E-state index contributed by atoms with van der Waals surface area (Å²) in [6.45, 7) is 1.50. The number of anilines is 1. The quantitative estimate of drug-likeness (QED) is 0.859.